The van der Waals surface area contributed by atoms with Gasteiger partial charge < -0.3 is 24.4 Å². The summed E-state index contributed by atoms with van der Waals surface area (Å²) in [6.07, 6.45) is 2.86. The quantitative estimate of drug-likeness (QED) is 0.253. The summed E-state index contributed by atoms with van der Waals surface area (Å²) >= 11 is 0. The molecular weight excluding hydrogens is 582 g/mol. The first-order valence-corrected chi connectivity index (χ1v) is 16.3. The number of carbonyl (C=O) groups is 2. The Morgan fingerprint density at radius 3 is 2.23 bits per heavy atom. The average Bonchev–Trinajstić information content (AvgIpc) is 3.06. The Morgan fingerprint density at radius 2 is 1.59 bits per heavy atom. The molecule has 44 heavy (non-hydrogen) atoms. The number of benzene rings is 3. The van der Waals surface area contributed by atoms with Crippen LogP contribution in [0.15, 0.2) is 83.8 Å². The molecule has 1 fully saturated rings. The highest BCUT2D eigenvalue weighted by Gasteiger charge is 2.32. The predicted molar refractivity (Wildman–Crippen MR) is 167 cm³/mol. The third-order valence-corrected chi connectivity index (χ3v) is 9.29. The predicted octanol–water partition coefficient (Wildman–Crippen LogP) is 4.17. The molecule has 2 amide bonds. The summed E-state index contributed by atoms with van der Waals surface area (Å²) in [5.41, 5.74) is 1.50. The summed E-state index contributed by atoms with van der Waals surface area (Å²) in [7, 11) is -2.07. The number of hydrogen-bond donors (Lipinski definition) is 1. The molecule has 10 nitrogen and oxygen atoms in total. The van der Waals surface area contributed by atoms with E-state index in [0.717, 1.165) is 24.8 Å². The first-order chi connectivity index (χ1) is 21.3. The maximum absolute atomic E-state index is 13.9. The molecule has 1 aliphatic heterocycles. The van der Waals surface area contributed by atoms with Crippen molar-refractivity contribution in [2.75, 3.05) is 46.6 Å². The minimum absolute atomic E-state index is 0.142. The molecule has 3 aromatic rings. The molecule has 0 radical (unpaired) electrons. The van der Waals surface area contributed by atoms with Crippen molar-refractivity contribution in [1.82, 2.24) is 14.5 Å². The van der Waals surface area contributed by atoms with Crippen LogP contribution in [0.3, 0.4) is 0 Å². The summed E-state index contributed by atoms with van der Waals surface area (Å²) in [5, 5.41) is 3.01. The SMILES string of the molecule is CCCCCNC(=O)[C@@H](c1ccccc1)N(Cc1ccc(OC)cc1)C(=O)COc1ccc(S(=O)(=O)N2CCOCC2)cc1. The monoisotopic (exact) mass is 623 g/mol. The molecule has 0 aliphatic carbocycles. The fraction of sp³-hybridized carbons (Fsp3) is 0.394. The number of unbranched alkanes of at least 4 members (excludes halogenated alkanes) is 2. The Kier molecular flexibility index (Phi) is 12.2. The Hall–Kier alpha value is -3.93. The van der Waals surface area contributed by atoms with E-state index in [-0.39, 0.29) is 24.0 Å². The van der Waals surface area contributed by atoms with Gasteiger partial charge in [-0.15, -0.1) is 0 Å². The van der Waals surface area contributed by atoms with Crippen LogP contribution in [0, 0.1) is 0 Å². The number of amides is 2. The van der Waals surface area contributed by atoms with E-state index in [1.54, 1.807) is 7.11 Å². The van der Waals surface area contributed by atoms with Gasteiger partial charge >= 0.3 is 0 Å². The first-order valence-electron chi connectivity index (χ1n) is 14.9. The van der Waals surface area contributed by atoms with E-state index in [9.17, 15) is 18.0 Å². The van der Waals surface area contributed by atoms with Crippen LogP contribution in [0.25, 0.3) is 0 Å². The standard InChI is InChI=1S/C33H41N3O7S/c1-3-4-8-19-34-33(38)32(27-9-6-5-7-10-27)36(24-26-11-13-28(41-2)14-12-26)31(37)25-43-29-15-17-30(18-16-29)44(39,40)35-20-22-42-23-21-35/h5-7,9-18,32H,3-4,8,19-25H2,1-2H3,(H,34,38)/t32-/m1/s1. The van der Waals surface area contributed by atoms with Crippen molar-refractivity contribution < 1.29 is 32.2 Å². The molecule has 1 atom stereocenters. The molecule has 236 valence electrons. The van der Waals surface area contributed by atoms with Gasteiger partial charge in [-0.1, -0.05) is 62.2 Å². The lowest BCUT2D eigenvalue weighted by Crippen LogP contribution is -2.45. The van der Waals surface area contributed by atoms with E-state index in [1.807, 2.05) is 54.6 Å². The van der Waals surface area contributed by atoms with Crippen LogP contribution in [0.5, 0.6) is 11.5 Å². The Bertz CT molecular complexity index is 1440. The van der Waals surface area contributed by atoms with Crippen molar-refractivity contribution in [3.63, 3.8) is 0 Å². The van der Waals surface area contributed by atoms with E-state index in [4.69, 9.17) is 14.2 Å². The topological polar surface area (TPSA) is 114 Å². The molecular formula is C33H41N3O7S. The molecule has 1 N–H and O–H groups in total. The molecule has 0 saturated carbocycles. The van der Waals surface area contributed by atoms with Gasteiger partial charge in [0, 0.05) is 26.2 Å². The second kappa shape index (κ2) is 16.2. The molecule has 0 spiro atoms. The lowest BCUT2D eigenvalue weighted by molar-refractivity contribution is -0.143. The van der Waals surface area contributed by atoms with E-state index in [2.05, 4.69) is 12.2 Å². The zero-order valence-electron chi connectivity index (χ0n) is 25.3. The maximum atomic E-state index is 13.9. The van der Waals surface area contributed by atoms with Gasteiger partial charge in [-0.05, 0) is 53.9 Å². The number of carbonyl (C=O) groups excluding carboxylic acids is 2. The van der Waals surface area contributed by atoms with Crippen LogP contribution >= 0.6 is 0 Å². The van der Waals surface area contributed by atoms with E-state index < -0.39 is 22.0 Å². The third kappa shape index (κ3) is 8.81. The van der Waals surface area contributed by atoms with Gasteiger partial charge in [-0.3, -0.25) is 9.59 Å². The summed E-state index contributed by atoms with van der Waals surface area (Å²) in [6, 6.07) is 21.6. The van der Waals surface area contributed by atoms with Crippen LogP contribution in [0.2, 0.25) is 0 Å². The third-order valence-electron chi connectivity index (χ3n) is 7.38. The Balaban J connectivity index is 1.54. The van der Waals surface area contributed by atoms with Crippen LogP contribution in [0.4, 0.5) is 0 Å². The average molecular weight is 624 g/mol. The lowest BCUT2D eigenvalue weighted by Gasteiger charge is -2.31. The molecule has 11 heteroatoms. The highest BCUT2D eigenvalue weighted by Crippen LogP contribution is 2.26. The van der Waals surface area contributed by atoms with Gasteiger partial charge in [0.25, 0.3) is 5.91 Å². The van der Waals surface area contributed by atoms with E-state index >= 15 is 0 Å². The smallest absolute Gasteiger partial charge is 0.261 e. The molecule has 4 rings (SSSR count). The van der Waals surface area contributed by atoms with E-state index in [1.165, 1.54) is 33.5 Å². The van der Waals surface area contributed by atoms with E-state index in [0.29, 0.717) is 49.9 Å². The van der Waals surface area contributed by atoms with Crippen LogP contribution < -0.4 is 14.8 Å². The Morgan fingerprint density at radius 1 is 0.932 bits per heavy atom. The number of morpholine rings is 1. The summed E-state index contributed by atoms with van der Waals surface area (Å²) in [5.74, 6) is 0.349. The number of rotatable bonds is 15. The fourth-order valence-corrected chi connectivity index (χ4v) is 6.32. The zero-order chi connectivity index (χ0) is 31.4. The molecule has 3 aromatic carbocycles. The van der Waals surface area contributed by atoms with Crippen molar-refractivity contribution in [2.45, 2.75) is 43.7 Å². The maximum Gasteiger partial charge on any atom is 0.261 e. The second-order valence-electron chi connectivity index (χ2n) is 10.5. The number of nitrogens with zero attached hydrogens (tertiary/aromatic N) is 2. The fourth-order valence-electron chi connectivity index (χ4n) is 4.91. The normalized spacial score (nSPS) is 14.4. The molecule has 1 heterocycles. The first kappa shape index (κ1) is 33.0. The van der Waals surface area contributed by atoms with Gasteiger partial charge in [0.1, 0.15) is 17.5 Å². The summed E-state index contributed by atoms with van der Waals surface area (Å²) in [6.45, 7) is 3.73. The number of hydrogen-bond acceptors (Lipinski definition) is 7. The van der Waals surface area contributed by atoms with Gasteiger partial charge in [-0.2, -0.15) is 4.31 Å². The van der Waals surface area contributed by atoms with Crippen LogP contribution in [0.1, 0.15) is 43.4 Å². The van der Waals surface area contributed by atoms with Gasteiger partial charge in [0.05, 0.1) is 25.2 Å². The Labute approximate surface area is 260 Å². The minimum Gasteiger partial charge on any atom is -0.497 e. The van der Waals surface area contributed by atoms with Crippen molar-refractivity contribution in [3.8, 4) is 11.5 Å². The zero-order valence-corrected chi connectivity index (χ0v) is 26.1. The largest absolute Gasteiger partial charge is 0.497 e. The highest BCUT2D eigenvalue weighted by molar-refractivity contribution is 7.89. The minimum atomic E-state index is -3.66. The lowest BCUT2D eigenvalue weighted by atomic mass is 10.0. The highest BCUT2D eigenvalue weighted by atomic mass is 32.2. The van der Waals surface area contributed by atoms with Crippen molar-refractivity contribution >= 4 is 21.8 Å². The number of sulfonamides is 1. The molecule has 0 bridgehead atoms. The summed E-state index contributed by atoms with van der Waals surface area (Å²) in [4.78, 5) is 29.2. The number of ether oxygens (including phenoxy) is 3. The van der Waals surface area contributed by atoms with Gasteiger partial charge in [0.2, 0.25) is 15.9 Å². The molecule has 1 aliphatic rings. The number of methoxy groups -OCH3 is 1. The second-order valence-corrected chi connectivity index (χ2v) is 12.4. The van der Waals surface area contributed by atoms with Gasteiger partial charge in [-0.25, -0.2) is 8.42 Å². The molecule has 0 aromatic heterocycles. The van der Waals surface area contributed by atoms with Crippen molar-refractivity contribution in [3.05, 3.63) is 90.0 Å². The van der Waals surface area contributed by atoms with Gasteiger partial charge in [0.15, 0.2) is 6.61 Å². The van der Waals surface area contributed by atoms with Crippen LogP contribution in [-0.4, -0.2) is 76.0 Å². The number of nitrogens with one attached hydrogen (secondary N) is 1. The molecule has 0 unspecified atom stereocenters. The van der Waals surface area contributed by atoms with Crippen molar-refractivity contribution in [2.24, 2.45) is 0 Å². The van der Waals surface area contributed by atoms with Crippen LogP contribution in [-0.2, 0) is 30.9 Å². The molecule has 1 saturated heterocycles. The van der Waals surface area contributed by atoms with Crippen molar-refractivity contribution in [1.29, 1.82) is 0 Å². The summed E-state index contributed by atoms with van der Waals surface area (Å²) < 4.78 is 43.7.